The molecule has 3 rings (SSSR count). The third-order valence-electron chi connectivity index (χ3n) is 4.27. The Morgan fingerprint density at radius 2 is 1.84 bits per heavy atom. The number of nitro groups is 1. The van der Waals surface area contributed by atoms with Gasteiger partial charge in [0.15, 0.2) is 0 Å². The fourth-order valence-corrected chi connectivity index (χ4v) is 2.78. The maximum Gasteiger partial charge on any atom is 0.321 e. The largest absolute Gasteiger partial charge is 0.368 e. The number of piperazine rings is 1. The minimum atomic E-state index is -0.470. The Labute approximate surface area is 145 Å². The minimum Gasteiger partial charge on any atom is -0.368 e. The molecule has 0 saturated carbocycles. The first-order valence-corrected chi connectivity index (χ1v) is 8.00. The van der Waals surface area contributed by atoms with Crippen LogP contribution in [0.1, 0.15) is 5.56 Å². The van der Waals surface area contributed by atoms with Gasteiger partial charge in [0.25, 0.3) is 5.69 Å². The lowest BCUT2D eigenvalue weighted by atomic mass is 10.2. The summed E-state index contributed by atoms with van der Waals surface area (Å²) in [4.78, 5) is 30.8. The molecule has 2 heterocycles. The van der Waals surface area contributed by atoms with Gasteiger partial charge in [-0.3, -0.25) is 15.1 Å². The molecule has 1 aliphatic rings. The maximum absolute atomic E-state index is 12.5. The summed E-state index contributed by atoms with van der Waals surface area (Å²) < 4.78 is 0. The van der Waals surface area contributed by atoms with Crippen LogP contribution in [-0.2, 0) is 0 Å². The summed E-state index contributed by atoms with van der Waals surface area (Å²) >= 11 is 0. The number of rotatable bonds is 3. The Bertz CT molecular complexity index is 773. The molecule has 8 heteroatoms. The standard InChI is InChI=1S/C17H19N5O3/c1-13-2-3-15(22(24)25)12-16(13)19-17(23)21-10-8-20(9-11-21)14-4-6-18-7-5-14/h2-7,12H,8-11H2,1H3,(H,19,23). The molecule has 8 nitrogen and oxygen atoms in total. The van der Waals surface area contributed by atoms with Crippen LogP contribution in [0.4, 0.5) is 21.9 Å². The van der Waals surface area contributed by atoms with Crippen molar-refractivity contribution >= 4 is 23.1 Å². The molecule has 1 fully saturated rings. The first-order chi connectivity index (χ1) is 12.0. The summed E-state index contributed by atoms with van der Waals surface area (Å²) in [6.45, 7) is 4.43. The summed E-state index contributed by atoms with van der Waals surface area (Å²) in [5, 5.41) is 13.7. The van der Waals surface area contributed by atoms with Crippen molar-refractivity contribution in [1.82, 2.24) is 9.88 Å². The van der Waals surface area contributed by atoms with Gasteiger partial charge in [0.1, 0.15) is 0 Å². The number of hydrogen-bond donors (Lipinski definition) is 1. The van der Waals surface area contributed by atoms with Crippen LogP contribution in [0, 0.1) is 17.0 Å². The molecule has 1 aromatic heterocycles. The average Bonchev–Trinajstić information content (AvgIpc) is 2.64. The van der Waals surface area contributed by atoms with Gasteiger partial charge in [-0.25, -0.2) is 4.79 Å². The number of aryl methyl sites for hydroxylation is 1. The van der Waals surface area contributed by atoms with E-state index in [0.29, 0.717) is 18.8 Å². The number of hydrogen-bond acceptors (Lipinski definition) is 5. The SMILES string of the molecule is Cc1ccc([N+](=O)[O-])cc1NC(=O)N1CCN(c2ccncc2)CC1. The quantitative estimate of drug-likeness (QED) is 0.684. The molecule has 1 N–H and O–H groups in total. The topological polar surface area (TPSA) is 91.6 Å². The first kappa shape index (κ1) is 16.7. The zero-order valence-electron chi connectivity index (χ0n) is 13.9. The number of carbonyl (C=O) groups is 1. The molecule has 25 heavy (non-hydrogen) atoms. The summed E-state index contributed by atoms with van der Waals surface area (Å²) in [5.74, 6) is 0. The average molecular weight is 341 g/mol. The third-order valence-corrected chi connectivity index (χ3v) is 4.27. The van der Waals surface area contributed by atoms with E-state index < -0.39 is 4.92 Å². The Balaban J connectivity index is 1.62. The van der Waals surface area contributed by atoms with Gasteiger partial charge in [-0.2, -0.15) is 0 Å². The van der Waals surface area contributed by atoms with Crippen LogP contribution >= 0.6 is 0 Å². The van der Waals surface area contributed by atoms with Crippen molar-refractivity contribution < 1.29 is 9.72 Å². The smallest absolute Gasteiger partial charge is 0.321 e. The van der Waals surface area contributed by atoms with Gasteiger partial charge in [0, 0.05) is 56.4 Å². The Kier molecular flexibility index (Phi) is 4.78. The molecule has 1 aromatic carbocycles. The van der Waals surface area contributed by atoms with Gasteiger partial charge in [-0.15, -0.1) is 0 Å². The highest BCUT2D eigenvalue weighted by molar-refractivity contribution is 5.90. The lowest BCUT2D eigenvalue weighted by Crippen LogP contribution is -2.50. The zero-order valence-corrected chi connectivity index (χ0v) is 13.9. The number of urea groups is 1. The molecule has 2 aromatic rings. The number of aromatic nitrogens is 1. The van der Waals surface area contributed by atoms with Gasteiger partial charge in [0.2, 0.25) is 0 Å². The molecule has 0 aliphatic carbocycles. The van der Waals surface area contributed by atoms with Crippen LogP contribution in [0.3, 0.4) is 0 Å². The predicted octanol–water partition coefficient (Wildman–Crippen LogP) is 2.65. The molecule has 0 unspecified atom stereocenters. The third kappa shape index (κ3) is 3.85. The van der Waals surface area contributed by atoms with Gasteiger partial charge in [0.05, 0.1) is 10.6 Å². The number of pyridine rings is 1. The monoisotopic (exact) mass is 341 g/mol. The number of nitro benzene ring substituents is 1. The summed E-state index contributed by atoms with van der Waals surface area (Å²) in [6, 6.07) is 8.11. The van der Waals surface area contributed by atoms with E-state index in [1.165, 1.54) is 12.1 Å². The molecule has 1 saturated heterocycles. The van der Waals surface area contributed by atoms with Crippen molar-refractivity contribution in [3.8, 4) is 0 Å². The molecular formula is C17H19N5O3. The Morgan fingerprint density at radius 3 is 2.48 bits per heavy atom. The highest BCUT2D eigenvalue weighted by atomic mass is 16.6. The van der Waals surface area contributed by atoms with Gasteiger partial charge >= 0.3 is 6.03 Å². The van der Waals surface area contributed by atoms with E-state index in [1.54, 1.807) is 30.3 Å². The number of nitrogens with zero attached hydrogens (tertiary/aromatic N) is 4. The van der Waals surface area contributed by atoms with Gasteiger partial charge in [-0.05, 0) is 24.6 Å². The second kappa shape index (κ2) is 7.16. The van der Waals surface area contributed by atoms with E-state index in [0.717, 1.165) is 24.3 Å². The van der Waals surface area contributed by atoms with E-state index >= 15 is 0 Å². The van der Waals surface area contributed by atoms with Crippen LogP contribution < -0.4 is 10.2 Å². The van der Waals surface area contributed by atoms with Gasteiger partial charge in [-0.1, -0.05) is 6.07 Å². The zero-order chi connectivity index (χ0) is 17.8. The molecule has 2 amide bonds. The second-order valence-corrected chi connectivity index (χ2v) is 5.87. The Morgan fingerprint density at radius 1 is 1.16 bits per heavy atom. The first-order valence-electron chi connectivity index (χ1n) is 8.00. The summed E-state index contributed by atoms with van der Waals surface area (Å²) in [5.41, 5.74) is 2.30. The normalized spacial score (nSPS) is 14.3. The molecule has 0 atom stereocenters. The summed E-state index contributed by atoms with van der Waals surface area (Å²) in [6.07, 6.45) is 3.50. The Hall–Kier alpha value is -3.16. The van der Waals surface area contributed by atoms with E-state index in [4.69, 9.17) is 0 Å². The number of amides is 2. The minimum absolute atomic E-state index is 0.0385. The highest BCUT2D eigenvalue weighted by Crippen LogP contribution is 2.22. The van der Waals surface area contributed by atoms with E-state index in [2.05, 4.69) is 15.2 Å². The van der Waals surface area contributed by atoms with Crippen LogP contribution in [0.25, 0.3) is 0 Å². The van der Waals surface area contributed by atoms with Crippen LogP contribution in [-0.4, -0.2) is 47.0 Å². The molecule has 130 valence electrons. The number of benzene rings is 1. The van der Waals surface area contributed by atoms with Crippen molar-refractivity contribution in [3.63, 3.8) is 0 Å². The number of nitrogens with one attached hydrogen (secondary N) is 1. The van der Waals surface area contributed by atoms with Crippen LogP contribution in [0.15, 0.2) is 42.7 Å². The molecule has 0 spiro atoms. The molecular weight excluding hydrogens is 322 g/mol. The van der Waals surface area contributed by atoms with Crippen molar-refractivity contribution in [3.05, 3.63) is 58.4 Å². The maximum atomic E-state index is 12.5. The molecule has 1 aliphatic heterocycles. The van der Waals surface area contributed by atoms with Crippen molar-refractivity contribution in [2.45, 2.75) is 6.92 Å². The van der Waals surface area contributed by atoms with E-state index in [9.17, 15) is 14.9 Å². The molecule has 0 radical (unpaired) electrons. The van der Waals surface area contributed by atoms with Crippen LogP contribution in [0.2, 0.25) is 0 Å². The highest BCUT2D eigenvalue weighted by Gasteiger charge is 2.22. The lowest BCUT2D eigenvalue weighted by molar-refractivity contribution is -0.384. The summed E-state index contributed by atoms with van der Waals surface area (Å²) in [7, 11) is 0. The van der Waals surface area contributed by atoms with E-state index in [1.807, 2.05) is 12.1 Å². The van der Waals surface area contributed by atoms with Crippen molar-refractivity contribution in [1.29, 1.82) is 0 Å². The molecule has 0 bridgehead atoms. The lowest BCUT2D eigenvalue weighted by Gasteiger charge is -2.36. The van der Waals surface area contributed by atoms with Crippen LogP contribution in [0.5, 0.6) is 0 Å². The fraction of sp³-hybridized carbons (Fsp3) is 0.294. The van der Waals surface area contributed by atoms with Crippen molar-refractivity contribution in [2.24, 2.45) is 0 Å². The number of anilines is 2. The van der Waals surface area contributed by atoms with E-state index in [-0.39, 0.29) is 11.7 Å². The predicted molar refractivity (Wildman–Crippen MR) is 94.9 cm³/mol. The second-order valence-electron chi connectivity index (χ2n) is 5.87. The number of carbonyl (C=O) groups excluding carboxylic acids is 1. The number of non-ortho nitro benzene ring substituents is 1. The fourth-order valence-electron chi connectivity index (χ4n) is 2.78. The van der Waals surface area contributed by atoms with Gasteiger partial charge < -0.3 is 15.1 Å². The van der Waals surface area contributed by atoms with Crippen molar-refractivity contribution in [2.75, 3.05) is 36.4 Å².